The Morgan fingerprint density at radius 1 is 1.08 bits per heavy atom. The molecule has 2 heteroatoms. The predicted octanol–water partition coefficient (Wildman–Crippen LogP) is 2.30. The number of pyridine rings is 1. The zero-order valence-corrected chi connectivity index (χ0v) is 8.38. The van der Waals surface area contributed by atoms with Gasteiger partial charge in [-0.1, -0.05) is 0 Å². The first-order valence-corrected chi connectivity index (χ1v) is 4.96. The Bertz CT molecular complexity index is 281. The van der Waals surface area contributed by atoms with E-state index < -0.39 is 0 Å². The van der Waals surface area contributed by atoms with E-state index in [1.54, 1.807) is 0 Å². The second kappa shape index (κ2) is 3.36. The first-order chi connectivity index (χ1) is 6.25. The highest BCUT2D eigenvalue weighted by atomic mass is 15.1. The Kier molecular flexibility index (Phi) is 2.21. The van der Waals surface area contributed by atoms with Crippen LogP contribution in [0.5, 0.6) is 0 Å². The molecule has 0 N–H and O–H groups in total. The van der Waals surface area contributed by atoms with E-state index in [9.17, 15) is 0 Å². The van der Waals surface area contributed by atoms with E-state index in [0.717, 1.165) is 11.4 Å². The fraction of sp³-hybridized carbons (Fsp3) is 0.545. The average molecular weight is 176 g/mol. The van der Waals surface area contributed by atoms with Crippen LogP contribution in [0.3, 0.4) is 0 Å². The van der Waals surface area contributed by atoms with Gasteiger partial charge >= 0.3 is 0 Å². The molecule has 0 amide bonds. The van der Waals surface area contributed by atoms with Crippen LogP contribution in [0, 0.1) is 13.8 Å². The van der Waals surface area contributed by atoms with Crippen molar-refractivity contribution in [2.24, 2.45) is 0 Å². The molecule has 0 aliphatic carbocycles. The van der Waals surface area contributed by atoms with Crippen molar-refractivity contribution in [1.29, 1.82) is 0 Å². The average Bonchev–Trinajstić information content (AvgIpc) is 2.53. The molecule has 1 aromatic rings. The van der Waals surface area contributed by atoms with Gasteiger partial charge in [-0.05, 0) is 38.8 Å². The summed E-state index contributed by atoms with van der Waals surface area (Å²) in [5.41, 5.74) is 3.60. The van der Waals surface area contributed by atoms with Crippen LogP contribution in [0.4, 0.5) is 5.69 Å². The van der Waals surface area contributed by atoms with Crippen LogP contribution in [-0.2, 0) is 0 Å². The molecule has 0 spiro atoms. The highest BCUT2D eigenvalue weighted by Crippen LogP contribution is 2.21. The number of aromatic nitrogens is 1. The normalized spacial score (nSPS) is 16.6. The highest BCUT2D eigenvalue weighted by molar-refractivity contribution is 5.48. The second-order valence-corrected chi connectivity index (χ2v) is 3.80. The minimum Gasteiger partial charge on any atom is -0.371 e. The molecule has 0 atom stereocenters. The first-order valence-electron chi connectivity index (χ1n) is 4.96. The van der Waals surface area contributed by atoms with Crippen LogP contribution in [0.15, 0.2) is 12.1 Å². The quantitative estimate of drug-likeness (QED) is 0.652. The Hall–Kier alpha value is -1.05. The molecular weight excluding hydrogens is 160 g/mol. The zero-order chi connectivity index (χ0) is 9.26. The SMILES string of the molecule is Cc1cc(N2CCCC2)cc(C)n1. The maximum Gasteiger partial charge on any atom is 0.0402 e. The summed E-state index contributed by atoms with van der Waals surface area (Å²) in [6, 6.07) is 4.36. The van der Waals surface area contributed by atoms with Crippen LogP contribution >= 0.6 is 0 Å². The summed E-state index contributed by atoms with van der Waals surface area (Å²) in [5, 5.41) is 0. The summed E-state index contributed by atoms with van der Waals surface area (Å²) in [5.74, 6) is 0. The summed E-state index contributed by atoms with van der Waals surface area (Å²) >= 11 is 0. The monoisotopic (exact) mass is 176 g/mol. The zero-order valence-electron chi connectivity index (χ0n) is 8.38. The summed E-state index contributed by atoms with van der Waals surface area (Å²) < 4.78 is 0. The first kappa shape index (κ1) is 8.54. The third kappa shape index (κ3) is 1.82. The van der Waals surface area contributed by atoms with Gasteiger partial charge in [-0.3, -0.25) is 4.98 Å². The van der Waals surface area contributed by atoms with Gasteiger partial charge in [-0.15, -0.1) is 0 Å². The lowest BCUT2D eigenvalue weighted by atomic mass is 10.2. The summed E-state index contributed by atoms with van der Waals surface area (Å²) in [4.78, 5) is 6.83. The molecule has 0 aromatic carbocycles. The Morgan fingerprint density at radius 2 is 1.62 bits per heavy atom. The van der Waals surface area contributed by atoms with Gasteiger partial charge in [-0.25, -0.2) is 0 Å². The molecule has 1 aliphatic heterocycles. The minimum atomic E-state index is 1.13. The van der Waals surface area contributed by atoms with Crippen LogP contribution in [0.2, 0.25) is 0 Å². The van der Waals surface area contributed by atoms with Gasteiger partial charge in [0.1, 0.15) is 0 Å². The minimum absolute atomic E-state index is 1.13. The van der Waals surface area contributed by atoms with Crippen molar-refractivity contribution in [1.82, 2.24) is 4.98 Å². The van der Waals surface area contributed by atoms with Crippen LogP contribution in [0.1, 0.15) is 24.2 Å². The molecule has 70 valence electrons. The van der Waals surface area contributed by atoms with Crippen molar-refractivity contribution < 1.29 is 0 Å². The van der Waals surface area contributed by atoms with E-state index in [2.05, 4.69) is 35.9 Å². The van der Waals surface area contributed by atoms with Gasteiger partial charge in [0.25, 0.3) is 0 Å². The van der Waals surface area contributed by atoms with Gasteiger partial charge in [-0.2, -0.15) is 0 Å². The van der Waals surface area contributed by atoms with E-state index in [4.69, 9.17) is 0 Å². The second-order valence-electron chi connectivity index (χ2n) is 3.80. The largest absolute Gasteiger partial charge is 0.371 e. The van der Waals surface area contributed by atoms with E-state index in [-0.39, 0.29) is 0 Å². The standard InChI is InChI=1S/C11H16N2/c1-9-7-11(8-10(2)12-9)13-5-3-4-6-13/h7-8H,3-6H2,1-2H3. The number of hydrogen-bond acceptors (Lipinski definition) is 2. The maximum atomic E-state index is 4.38. The maximum absolute atomic E-state index is 4.38. The number of hydrogen-bond donors (Lipinski definition) is 0. The van der Waals surface area contributed by atoms with Crippen molar-refractivity contribution in [3.05, 3.63) is 23.5 Å². The van der Waals surface area contributed by atoms with Crippen molar-refractivity contribution in [3.63, 3.8) is 0 Å². The van der Waals surface area contributed by atoms with E-state index in [1.807, 2.05) is 0 Å². The number of nitrogens with zero attached hydrogens (tertiary/aromatic N) is 2. The lowest BCUT2D eigenvalue weighted by Gasteiger charge is -2.18. The molecule has 2 nitrogen and oxygen atoms in total. The van der Waals surface area contributed by atoms with Crippen molar-refractivity contribution >= 4 is 5.69 Å². The summed E-state index contributed by atoms with van der Waals surface area (Å²) in [7, 11) is 0. The topological polar surface area (TPSA) is 16.1 Å². The fourth-order valence-electron chi connectivity index (χ4n) is 1.97. The van der Waals surface area contributed by atoms with Crippen LogP contribution in [-0.4, -0.2) is 18.1 Å². The van der Waals surface area contributed by atoms with E-state index >= 15 is 0 Å². The third-order valence-corrected chi connectivity index (χ3v) is 2.54. The molecule has 1 aliphatic rings. The third-order valence-electron chi connectivity index (χ3n) is 2.54. The van der Waals surface area contributed by atoms with Crippen molar-refractivity contribution in [3.8, 4) is 0 Å². The van der Waals surface area contributed by atoms with Crippen molar-refractivity contribution in [2.75, 3.05) is 18.0 Å². The Balaban J connectivity index is 2.28. The number of rotatable bonds is 1. The van der Waals surface area contributed by atoms with Crippen molar-refractivity contribution in [2.45, 2.75) is 26.7 Å². The molecule has 0 bridgehead atoms. The fourth-order valence-corrected chi connectivity index (χ4v) is 1.97. The molecule has 13 heavy (non-hydrogen) atoms. The number of aryl methyl sites for hydroxylation is 2. The molecule has 0 saturated carbocycles. The molecule has 2 rings (SSSR count). The van der Waals surface area contributed by atoms with E-state index in [1.165, 1.54) is 31.6 Å². The molecule has 0 radical (unpaired) electrons. The number of anilines is 1. The smallest absolute Gasteiger partial charge is 0.0402 e. The summed E-state index contributed by atoms with van der Waals surface area (Å²) in [6.07, 6.45) is 2.67. The molecule has 1 fully saturated rings. The Labute approximate surface area is 79.6 Å². The molecule has 1 saturated heterocycles. The molecule has 2 heterocycles. The summed E-state index contributed by atoms with van der Waals surface area (Å²) in [6.45, 7) is 6.55. The molecule has 1 aromatic heterocycles. The van der Waals surface area contributed by atoms with Crippen LogP contribution < -0.4 is 4.90 Å². The van der Waals surface area contributed by atoms with Gasteiger partial charge in [0.2, 0.25) is 0 Å². The lowest BCUT2D eigenvalue weighted by molar-refractivity contribution is 0.949. The lowest BCUT2D eigenvalue weighted by Crippen LogP contribution is -2.17. The predicted molar refractivity (Wildman–Crippen MR) is 55.2 cm³/mol. The Morgan fingerprint density at radius 3 is 2.15 bits per heavy atom. The molecule has 0 unspecified atom stereocenters. The molecular formula is C11H16N2. The highest BCUT2D eigenvalue weighted by Gasteiger charge is 2.12. The van der Waals surface area contributed by atoms with Gasteiger partial charge in [0.15, 0.2) is 0 Å². The van der Waals surface area contributed by atoms with Gasteiger partial charge in [0, 0.05) is 30.2 Å². The van der Waals surface area contributed by atoms with Gasteiger partial charge < -0.3 is 4.90 Å². The van der Waals surface area contributed by atoms with E-state index in [0.29, 0.717) is 0 Å². The van der Waals surface area contributed by atoms with Crippen LogP contribution in [0.25, 0.3) is 0 Å². The van der Waals surface area contributed by atoms with Gasteiger partial charge in [0.05, 0.1) is 0 Å².